The minimum Gasteiger partial charge on any atom is -0.466 e. The third kappa shape index (κ3) is 3.44. The summed E-state index contributed by atoms with van der Waals surface area (Å²) in [5.74, 6) is 0.132. The summed E-state index contributed by atoms with van der Waals surface area (Å²) in [5.41, 5.74) is 5.66. The highest BCUT2D eigenvalue weighted by Crippen LogP contribution is 2.16. The van der Waals surface area contributed by atoms with E-state index in [1.165, 1.54) is 4.90 Å². The van der Waals surface area contributed by atoms with E-state index >= 15 is 0 Å². The van der Waals surface area contributed by atoms with Gasteiger partial charge in [-0.1, -0.05) is 13.8 Å². The fourth-order valence-electron chi connectivity index (χ4n) is 1.73. The van der Waals surface area contributed by atoms with E-state index in [1.54, 1.807) is 6.92 Å². The van der Waals surface area contributed by atoms with Crippen LogP contribution in [0.25, 0.3) is 0 Å². The first-order valence-electron chi connectivity index (χ1n) is 5.76. The Hall–Kier alpha value is -1.59. The molecule has 0 bridgehead atoms. The number of aliphatic imine (C=N–C) groups is 1. The lowest BCUT2D eigenvalue weighted by atomic mass is 10.1. The molecule has 0 spiro atoms. The van der Waals surface area contributed by atoms with Crippen LogP contribution >= 0.6 is 0 Å². The van der Waals surface area contributed by atoms with Crippen LogP contribution in [0, 0.1) is 5.92 Å². The molecule has 6 heteroatoms. The Kier molecular flexibility index (Phi) is 4.48. The molecule has 1 atom stereocenters. The molecule has 1 rings (SSSR count). The molecule has 2 amide bonds. The molecule has 0 fully saturated rings. The standard InChI is InChI=1S/C11H19N3O3/c1-4-17-9(15)5-8-10(12)13-11(16)14(8)6-7(2)3/h7-8H,4-6H2,1-3H3,(H2,12,13,16). The van der Waals surface area contributed by atoms with Gasteiger partial charge in [0.25, 0.3) is 0 Å². The lowest BCUT2D eigenvalue weighted by molar-refractivity contribution is -0.143. The van der Waals surface area contributed by atoms with Gasteiger partial charge < -0.3 is 15.4 Å². The van der Waals surface area contributed by atoms with Crippen molar-refractivity contribution in [2.75, 3.05) is 13.2 Å². The van der Waals surface area contributed by atoms with Crippen molar-refractivity contribution in [2.24, 2.45) is 16.6 Å². The van der Waals surface area contributed by atoms with Gasteiger partial charge in [0.05, 0.1) is 13.0 Å². The molecule has 2 N–H and O–H groups in total. The quantitative estimate of drug-likeness (QED) is 0.720. The van der Waals surface area contributed by atoms with Crippen molar-refractivity contribution in [2.45, 2.75) is 33.2 Å². The van der Waals surface area contributed by atoms with Gasteiger partial charge in [-0.2, -0.15) is 4.99 Å². The second-order valence-electron chi connectivity index (χ2n) is 4.39. The van der Waals surface area contributed by atoms with Crippen molar-refractivity contribution in [1.29, 1.82) is 0 Å². The molecule has 1 aliphatic heterocycles. The molecule has 6 nitrogen and oxygen atoms in total. The van der Waals surface area contributed by atoms with Gasteiger partial charge in [-0.25, -0.2) is 4.79 Å². The van der Waals surface area contributed by atoms with E-state index in [1.807, 2.05) is 13.8 Å². The SMILES string of the molecule is CCOC(=O)CC1C(N)=NC(=O)N1CC(C)C. The topological polar surface area (TPSA) is 85.0 Å². The Bertz CT molecular complexity index is 339. The normalized spacial score (nSPS) is 19.8. The van der Waals surface area contributed by atoms with Gasteiger partial charge in [0, 0.05) is 6.54 Å². The molecule has 17 heavy (non-hydrogen) atoms. The second kappa shape index (κ2) is 5.65. The summed E-state index contributed by atoms with van der Waals surface area (Å²) in [6.07, 6.45) is 0.0711. The number of carbonyl (C=O) groups excluding carboxylic acids is 2. The lowest BCUT2D eigenvalue weighted by Gasteiger charge is -2.25. The van der Waals surface area contributed by atoms with Gasteiger partial charge >= 0.3 is 12.0 Å². The Labute approximate surface area is 101 Å². The number of carbonyl (C=O) groups is 2. The number of esters is 1. The predicted octanol–water partition coefficient (Wildman–Crippen LogP) is 0.757. The van der Waals surface area contributed by atoms with Crippen LogP contribution in [0.1, 0.15) is 27.2 Å². The Balaban J connectivity index is 2.69. The zero-order valence-corrected chi connectivity index (χ0v) is 10.5. The molecule has 1 unspecified atom stereocenters. The Morgan fingerprint density at radius 2 is 2.24 bits per heavy atom. The Morgan fingerprint density at radius 1 is 1.59 bits per heavy atom. The first kappa shape index (κ1) is 13.5. The maximum atomic E-state index is 11.6. The van der Waals surface area contributed by atoms with E-state index in [9.17, 15) is 9.59 Å². The van der Waals surface area contributed by atoms with Crippen LogP contribution in [-0.2, 0) is 9.53 Å². The summed E-state index contributed by atoms with van der Waals surface area (Å²) in [5, 5.41) is 0. The molecule has 96 valence electrons. The molecule has 0 aliphatic carbocycles. The summed E-state index contributed by atoms with van der Waals surface area (Å²) in [6.45, 7) is 6.57. The highest BCUT2D eigenvalue weighted by atomic mass is 16.5. The number of urea groups is 1. The van der Waals surface area contributed by atoms with Gasteiger partial charge in [-0.15, -0.1) is 0 Å². The fourth-order valence-corrected chi connectivity index (χ4v) is 1.73. The van der Waals surface area contributed by atoms with Crippen LogP contribution in [0.5, 0.6) is 0 Å². The van der Waals surface area contributed by atoms with Crippen molar-refractivity contribution in [3.63, 3.8) is 0 Å². The van der Waals surface area contributed by atoms with Gasteiger partial charge in [0.1, 0.15) is 11.9 Å². The summed E-state index contributed by atoms with van der Waals surface area (Å²) < 4.78 is 4.85. The number of amides is 2. The number of nitrogens with two attached hydrogens (primary N) is 1. The van der Waals surface area contributed by atoms with Gasteiger partial charge in [-0.05, 0) is 12.8 Å². The molecule has 0 aromatic carbocycles. The first-order chi connectivity index (χ1) is 7.95. The minimum atomic E-state index is -0.455. The van der Waals surface area contributed by atoms with E-state index < -0.39 is 6.04 Å². The van der Waals surface area contributed by atoms with Gasteiger partial charge in [-0.3, -0.25) is 4.79 Å². The maximum absolute atomic E-state index is 11.6. The zero-order chi connectivity index (χ0) is 13.0. The van der Waals surface area contributed by atoms with E-state index in [0.717, 1.165) is 0 Å². The summed E-state index contributed by atoms with van der Waals surface area (Å²) >= 11 is 0. The summed E-state index contributed by atoms with van der Waals surface area (Å²) in [6, 6.07) is -0.825. The third-order valence-corrected chi connectivity index (χ3v) is 2.42. The second-order valence-corrected chi connectivity index (χ2v) is 4.39. The first-order valence-corrected chi connectivity index (χ1v) is 5.76. The summed E-state index contributed by atoms with van der Waals surface area (Å²) in [4.78, 5) is 28.2. The molecule has 1 aliphatic rings. The van der Waals surface area contributed by atoms with E-state index in [-0.39, 0.29) is 24.3 Å². The van der Waals surface area contributed by atoms with Crippen LogP contribution in [0.15, 0.2) is 4.99 Å². The van der Waals surface area contributed by atoms with Crippen LogP contribution in [-0.4, -0.2) is 41.9 Å². The number of amidine groups is 1. The fraction of sp³-hybridized carbons (Fsp3) is 0.727. The van der Waals surface area contributed by atoms with Gasteiger partial charge in [0.2, 0.25) is 0 Å². The molecule has 0 aromatic heterocycles. The van der Waals surface area contributed by atoms with Crippen molar-refractivity contribution < 1.29 is 14.3 Å². The highest BCUT2D eigenvalue weighted by molar-refractivity contribution is 6.04. The molecule has 0 aromatic rings. The van der Waals surface area contributed by atoms with Crippen molar-refractivity contribution >= 4 is 17.8 Å². The third-order valence-electron chi connectivity index (χ3n) is 2.42. The number of ether oxygens (including phenoxy) is 1. The highest BCUT2D eigenvalue weighted by Gasteiger charge is 2.35. The average Bonchev–Trinajstić information content (AvgIpc) is 2.45. The smallest absolute Gasteiger partial charge is 0.345 e. The van der Waals surface area contributed by atoms with Crippen molar-refractivity contribution in [3.8, 4) is 0 Å². The molecular formula is C11H19N3O3. The van der Waals surface area contributed by atoms with Crippen LogP contribution in [0.4, 0.5) is 4.79 Å². The number of hydrogen-bond donors (Lipinski definition) is 1. The molecular weight excluding hydrogens is 222 g/mol. The monoisotopic (exact) mass is 241 g/mol. The van der Waals surface area contributed by atoms with E-state index in [0.29, 0.717) is 19.1 Å². The van der Waals surface area contributed by atoms with Crippen LogP contribution in [0.3, 0.4) is 0 Å². The lowest BCUT2D eigenvalue weighted by Crippen LogP contribution is -2.43. The van der Waals surface area contributed by atoms with Crippen molar-refractivity contribution in [3.05, 3.63) is 0 Å². The number of rotatable bonds is 5. The minimum absolute atomic E-state index is 0.0711. The number of hydrogen-bond acceptors (Lipinski definition) is 4. The Morgan fingerprint density at radius 3 is 2.76 bits per heavy atom. The maximum Gasteiger partial charge on any atom is 0.345 e. The molecule has 0 radical (unpaired) electrons. The molecule has 0 saturated heterocycles. The van der Waals surface area contributed by atoms with E-state index in [4.69, 9.17) is 10.5 Å². The molecule has 1 heterocycles. The number of nitrogens with zero attached hydrogens (tertiary/aromatic N) is 2. The molecule has 0 saturated carbocycles. The largest absolute Gasteiger partial charge is 0.466 e. The van der Waals surface area contributed by atoms with Crippen LogP contribution < -0.4 is 5.73 Å². The van der Waals surface area contributed by atoms with Gasteiger partial charge in [0.15, 0.2) is 0 Å². The summed E-state index contributed by atoms with van der Waals surface area (Å²) in [7, 11) is 0. The predicted molar refractivity (Wildman–Crippen MR) is 63.6 cm³/mol. The average molecular weight is 241 g/mol. The zero-order valence-electron chi connectivity index (χ0n) is 10.5. The van der Waals surface area contributed by atoms with Crippen molar-refractivity contribution in [1.82, 2.24) is 4.90 Å². The van der Waals surface area contributed by atoms with Crippen LogP contribution in [0.2, 0.25) is 0 Å². The van der Waals surface area contributed by atoms with E-state index in [2.05, 4.69) is 4.99 Å².